The van der Waals surface area contributed by atoms with Gasteiger partial charge >= 0.3 is 6.11 Å². The van der Waals surface area contributed by atoms with Crippen molar-refractivity contribution >= 4 is 11.6 Å². The SMILES string of the molecule is CC(O)(Cc1ccncc1Cl)C([O])(F)F. The number of aliphatic hydroxyl groups is 1. The van der Waals surface area contributed by atoms with E-state index in [1.807, 2.05) is 0 Å². The summed E-state index contributed by atoms with van der Waals surface area (Å²) in [6.45, 7) is 0.775. The topological polar surface area (TPSA) is 53.0 Å². The van der Waals surface area contributed by atoms with E-state index in [1.54, 1.807) is 0 Å². The van der Waals surface area contributed by atoms with Crippen LogP contribution in [0, 0.1) is 0 Å². The Hall–Kier alpha value is -0.780. The molecule has 3 nitrogen and oxygen atoms in total. The molecule has 0 fully saturated rings. The van der Waals surface area contributed by atoms with Gasteiger partial charge in [0.15, 0.2) is 5.60 Å². The highest BCUT2D eigenvalue weighted by molar-refractivity contribution is 6.31. The maximum absolute atomic E-state index is 12.5. The lowest BCUT2D eigenvalue weighted by Gasteiger charge is -2.26. The molecule has 1 unspecified atom stereocenters. The van der Waals surface area contributed by atoms with E-state index in [2.05, 4.69) is 4.98 Å². The van der Waals surface area contributed by atoms with E-state index in [0.29, 0.717) is 0 Å². The molecule has 0 spiro atoms. The fourth-order valence-electron chi connectivity index (χ4n) is 1.02. The summed E-state index contributed by atoms with van der Waals surface area (Å²) in [4.78, 5) is 3.66. The van der Waals surface area contributed by atoms with E-state index in [4.69, 9.17) is 11.6 Å². The third-order valence-corrected chi connectivity index (χ3v) is 2.36. The van der Waals surface area contributed by atoms with Crippen LogP contribution >= 0.6 is 11.6 Å². The molecule has 1 aromatic rings. The van der Waals surface area contributed by atoms with Gasteiger partial charge in [0.1, 0.15) is 0 Å². The standard InChI is InChI=1S/C9H9ClF2NO2/c1-8(14,9(11,12)15)4-6-2-3-13-5-7(6)10/h2-3,5,14H,4H2,1H3. The van der Waals surface area contributed by atoms with Crippen LogP contribution in [0.1, 0.15) is 12.5 Å². The molecule has 15 heavy (non-hydrogen) atoms. The van der Waals surface area contributed by atoms with Crippen LogP contribution in [-0.2, 0) is 11.5 Å². The van der Waals surface area contributed by atoms with Gasteiger partial charge in [0, 0.05) is 18.8 Å². The maximum atomic E-state index is 12.5. The molecule has 1 aromatic heterocycles. The lowest BCUT2D eigenvalue weighted by Crippen LogP contribution is -2.46. The van der Waals surface area contributed by atoms with Crippen molar-refractivity contribution in [3.05, 3.63) is 29.0 Å². The Bertz CT molecular complexity index is 352. The first-order valence-corrected chi connectivity index (χ1v) is 4.51. The largest absolute Gasteiger partial charge is 0.409 e. The summed E-state index contributed by atoms with van der Waals surface area (Å²) < 4.78 is 24.9. The van der Waals surface area contributed by atoms with Crippen molar-refractivity contribution in [2.75, 3.05) is 0 Å². The monoisotopic (exact) mass is 236 g/mol. The van der Waals surface area contributed by atoms with Crippen molar-refractivity contribution in [1.29, 1.82) is 0 Å². The molecule has 0 aliphatic carbocycles. The maximum Gasteiger partial charge on any atom is 0.409 e. The average Bonchev–Trinajstić information content (AvgIpc) is 2.06. The fraction of sp³-hybridized carbons (Fsp3) is 0.444. The molecule has 1 atom stereocenters. The van der Waals surface area contributed by atoms with Crippen molar-refractivity contribution < 1.29 is 19.0 Å². The first-order valence-electron chi connectivity index (χ1n) is 4.13. The molecule has 0 aliphatic rings. The lowest BCUT2D eigenvalue weighted by molar-refractivity contribution is -0.330. The van der Waals surface area contributed by atoms with Crippen LogP contribution in [0.4, 0.5) is 8.78 Å². The molecular formula is C9H9ClF2NO2. The summed E-state index contributed by atoms with van der Waals surface area (Å²) in [5.74, 6) is 0. The quantitative estimate of drug-likeness (QED) is 0.873. The number of hydrogen-bond acceptors (Lipinski definition) is 2. The molecule has 1 N–H and O–H groups in total. The molecule has 0 bridgehead atoms. The van der Waals surface area contributed by atoms with Gasteiger partial charge in [0.2, 0.25) is 0 Å². The van der Waals surface area contributed by atoms with Gasteiger partial charge in [0.25, 0.3) is 0 Å². The van der Waals surface area contributed by atoms with E-state index in [0.717, 1.165) is 6.92 Å². The van der Waals surface area contributed by atoms with Gasteiger partial charge in [-0.15, -0.1) is 0 Å². The minimum atomic E-state index is -4.43. The zero-order chi connectivity index (χ0) is 11.7. The lowest BCUT2D eigenvalue weighted by atomic mass is 9.96. The fourth-order valence-corrected chi connectivity index (χ4v) is 1.21. The summed E-state index contributed by atoms with van der Waals surface area (Å²) in [6, 6.07) is 1.38. The van der Waals surface area contributed by atoms with Crippen molar-refractivity contribution in [1.82, 2.24) is 4.98 Å². The number of alkyl halides is 2. The van der Waals surface area contributed by atoms with Crippen molar-refractivity contribution in [3.8, 4) is 0 Å². The highest BCUT2D eigenvalue weighted by atomic mass is 35.5. The summed E-state index contributed by atoms with van der Waals surface area (Å²) in [5.41, 5.74) is -2.41. The van der Waals surface area contributed by atoms with Crippen LogP contribution in [0.2, 0.25) is 5.02 Å². The number of pyridine rings is 1. The number of halogens is 3. The Morgan fingerprint density at radius 2 is 2.20 bits per heavy atom. The molecule has 0 aliphatic heterocycles. The third-order valence-electron chi connectivity index (χ3n) is 2.02. The Balaban J connectivity index is 2.92. The first kappa shape index (κ1) is 12.3. The van der Waals surface area contributed by atoms with E-state index in [9.17, 15) is 19.0 Å². The molecule has 1 rings (SSSR count). The Kier molecular flexibility index (Phi) is 3.28. The third kappa shape index (κ3) is 2.84. The number of hydrogen-bond donors (Lipinski definition) is 1. The zero-order valence-electron chi connectivity index (χ0n) is 7.88. The van der Waals surface area contributed by atoms with Crippen LogP contribution in [0.5, 0.6) is 0 Å². The Morgan fingerprint density at radius 3 is 2.67 bits per heavy atom. The first-order chi connectivity index (χ1) is 6.74. The van der Waals surface area contributed by atoms with Gasteiger partial charge in [-0.1, -0.05) is 11.6 Å². The molecular weight excluding hydrogens is 228 g/mol. The Morgan fingerprint density at radius 1 is 1.60 bits per heavy atom. The average molecular weight is 237 g/mol. The highest BCUT2D eigenvalue weighted by Crippen LogP contribution is 2.31. The van der Waals surface area contributed by atoms with Gasteiger partial charge in [-0.05, 0) is 18.6 Å². The molecule has 1 heterocycles. The molecule has 0 saturated heterocycles. The second-order valence-electron chi connectivity index (χ2n) is 3.43. The van der Waals surface area contributed by atoms with Crippen LogP contribution in [0.25, 0.3) is 0 Å². The summed E-state index contributed by atoms with van der Waals surface area (Å²) in [7, 11) is 0. The van der Waals surface area contributed by atoms with Gasteiger partial charge in [0.05, 0.1) is 5.02 Å². The molecule has 83 valence electrons. The summed E-state index contributed by atoms with van der Waals surface area (Å²) in [6.07, 6.45) is -2.35. The predicted molar refractivity (Wildman–Crippen MR) is 49.2 cm³/mol. The predicted octanol–water partition coefficient (Wildman–Crippen LogP) is 2.05. The van der Waals surface area contributed by atoms with Crippen LogP contribution in [0.3, 0.4) is 0 Å². The van der Waals surface area contributed by atoms with E-state index >= 15 is 0 Å². The highest BCUT2D eigenvalue weighted by Gasteiger charge is 2.49. The van der Waals surface area contributed by atoms with Crippen LogP contribution in [-0.4, -0.2) is 21.8 Å². The van der Waals surface area contributed by atoms with Gasteiger partial charge in [-0.3, -0.25) is 4.98 Å². The van der Waals surface area contributed by atoms with Crippen molar-refractivity contribution in [2.45, 2.75) is 25.1 Å². The number of nitrogens with zero attached hydrogens (tertiary/aromatic N) is 1. The molecule has 0 saturated carbocycles. The number of aromatic nitrogens is 1. The van der Waals surface area contributed by atoms with E-state index < -0.39 is 18.1 Å². The van der Waals surface area contributed by atoms with Gasteiger partial charge < -0.3 is 5.11 Å². The molecule has 0 aromatic carbocycles. The second kappa shape index (κ2) is 4.00. The van der Waals surface area contributed by atoms with Crippen LogP contribution < -0.4 is 0 Å². The molecule has 6 heteroatoms. The summed E-state index contributed by atoms with van der Waals surface area (Å²) >= 11 is 5.66. The van der Waals surface area contributed by atoms with E-state index in [1.165, 1.54) is 18.5 Å². The molecule has 1 radical (unpaired) electrons. The van der Waals surface area contributed by atoms with E-state index in [-0.39, 0.29) is 10.6 Å². The molecule has 0 amide bonds. The van der Waals surface area contributed by atoms with Gasteiger partial charge in [-0.25, -0.2) is 0 Å². The summed E-state index contributed by atoms with van der Waals surface area (Å²) in [5, 5.41) is 19.8. The van der Waals surface area contributed by atoms with Crippen molar-refractivity contribution in [3.63, 3.8) is 0 Å². The van der Waals surface area contributed by atoms with Crippen LogP contribution in [0.15, 0.2) is 18.5 Å². The smallest absolute Gasteiger partial charge is 0.381 e. The second-order valence-corrected chi connectivity index (χ2v) is 3.84. The Labute approximate surface area is 90.3 Å². The normalized spacial score (nSPS) is 16.1. The number of rotatable bonds is 3. The minimum Gasteiger partial charge on any atom is -0.381 e. The minimum absolute atomic E-state index is 0.141. The zero-order valence-corrected chi connectivity index (χ0v) is 8.63. The van der Waals surface area contributed by atoms with Gasteiger partial charge in [-0.2, -0.15) is 13.9 Å². The van der Waals surface area contributed by atoms with Crippen molar-refractivity contribution in [2.24, 2.45) is 0 Å².